The molecule has 0 saturated heterocycles. The summed E-state index contributed by atoms with van der Waals surface area (Å²) >= 11 is 0. The summed E-state index contributed by atoms with van der Waals surface area (Å²) in [7, 11) is 0. The van der Waals surface area contributed by atoms with Crippen molar-refractivity contribution in [3.63, 3.8) is 0 Å². The fourth-order valence-electron chi connectivity index (χ4n) is 5.51. The monoisotopic (exact) mass is 510 g/mol. The van der Waals surface area contributed by atoms with Gasteiger partial charge in [0.05, 0.1) is 6.26 Å². The van der Waals surface area contributed by atoms with Crippen LogP contribution in [-0.2, 0) is 0 Å². The first-order chi connectivity index (χ1) is 19.1. The molecular weight excluding hydrogens is 484 g/mol. The fourth-order valence-corrected chi connectivity index (χ4v) is 5.51. The van der Waals surface area contributed by atoms with E-state index in [9.17, 15) is 15.0 Å². The summed E-state index contributed by atoms with van der Waals surface area (Å²) in [6.45, 7) is 0. The van der Waals surface area contributed by atoms with Crippen molar-refractivity contribution in [3.8, 4) is 11.5 Å². The molecule has 0 atom stereocenters. The zero-order chi connectivity index (χ0) is 26.8. The van der Waals surface area contributed by atoms with Crippen molar-refractivity contribution >= 4 is 11.0 Å². The van der Waals surface area contributed by atoms with Crippen LogP contribution in [0.15, 0.2) is 143 Å². The number of phenols is 2. The van der Waals surface area contributed by atoms with Gasteiger partial charge in [-0.3, -0.25) is 4.79 Å². The number of benzene rings is 5. The molecule has 6 aromatic rings. The fraction of sp³-hybridized carbons (Fsp3) is 0.0571. The highest BCUT2D eigenvalue weighted by Gasteiger charge is 2.33. The molecule has 1 aromatic heterocycles. The van der Waals surface area contributed by atoms with Gasteiger partial charge < -0.3 is 14.6 Å². The first kappa shape index (κ1) is 24.3. The average Bonchev–Trinajstić information content (AvgIpc) is 2.99. The van der Waals surface area contributed by atoms with E-state index >= 15 is 0 Å². The van der Waals surface area contributed by atoms with Crippen LogP contribution in [0.2, 0.25) is 0 Å². The molecule has 0 bridgehead atoms. The molecule has 2 N–H and O–H groups in total. The minimum atomic E-state index is -0.539. The Morgan fingerprint density at radius 3 is 1.28 bits per heavy atom. The summed E-state index contributed by atoms with van der Waals surface area (Å²) < 4.78 is 5.94. The van der Waals surface area contributed by atoms with Crippen LogP contribution in [0.3, 0.4) is 0 Å². The van der Waals surface area contributed by atoms with Crippen molar-refractivity contribution in [1.29, 1.82) is 0 Å². The molecule has 4 heteroatoms. The molecule has 4 nitrogen and oxygen atoms in total. The van der Waals surface area contributed by atoms with Gasteiger partial charge in [0.15, 0.2) is 5.43 Å². The van der Waals surface area contributed by atoms with E-state index in [0.29, 0.717) is 5.56 Å². The maximum absolute atomic E-state index is 13.3. The lowest BCUT2D eigenvalue weighted by molar-refractivity contribution is 0.432. The van der Waals surface area contributed by atoms with Crippen LogP contribution in [0.25, 0.3) is 11.0 Å². The predicted octanol–water partition coefficient (Wildman–Crippen LogP) is 7.56. The van der Waals surface area contributed by atoms with Crippen LogP contribution in [-0.4, -0.2) is 10.2 Å². The maximum Gasteiger partial charge on any atom is 0.196 e. The molecule has 0 radical (unpaired) electrons. The number of hydrogen-bond acceptors (Lipinski definition) is 4. The van der Waals surface area contributed by atoms with Gasteiger partial charge in [0, 0.05) is 29.0 Å². The molecular formula is C35H26O4. The quantitative estimate of drug-likeness (QED) is 0.227. The van der Waals surface area contributed by atoms with Crippen LogP contribution in [0.1, 0.15) is 45.2 Å². The normalized spacial score (nSPS) is 11.3. The SMILES string of the molecule is O=c1ccoc2c(C(c3ccccc3)c3ccccc3)c(O)c(C(c3ccccc3)c3ccccc3)c(O)c12. The maximum atomic E-state index is 13.3. The van der Waals surface area contributed by atoms with Gasteiger partial charge in [-0.1, -0.05) is 121 Å². The summed E-state index contributed by atoms with van der Waals surface area (Å²) in [6, 6.07) is 40.3. The molecule has 0 aliphatic heterocycles. The Bertz CT molecular complexity index is 1700. The highest BCUT2D eigenvalue weighted by atomic mass is 16.3. The van der Waals surface area contributed by atoms with E-state index in [1.165, 1.54) is 12.3 Å². The van der Waals surface area contributed by atoms with E-state index in [1.54, 1.807) is 0 Å². The van der Waals surface area contributed by atoms with Gasteiger partial charge in [-0.05, 0) is 22.3 Å². The van der Waals surface area contributed by atoms with E-state index in [0.717, 1.165) is 22.3 Å². The van der Waals surface area contributed by atoms with Gasteiger partial charge in [0.1, 0.15) is 22.5 Å². The molecule has 0 spiro atoms. The largest absolute Gasteiger partial charge is 0.507 e. The molecule has 0 aliphatic rings. The van der Waals surface area contributed by atoms with E-state index in [2.05, 4.69) is 0 Å². The number of hydrogen-bond donors (Lipinski definition) is 2. The standard InChI is InChI=1S/C35H26O4/c36-27-21-22-39-35-30(27)33(37)31(28(23-13-5-1-6-14-23)24-15-7-2-8-16-24)34(38)32(35)29(25-17-9-3-10-18-25)26-19-11-4-12-20-26/h1-22,28-29,37-38H. The second-order valence-electron chi connectivity index (χ2n) is 9.52. The Morgan fingerprint density at radius 2 is 0.872 bits per heavy atom. The lowest BCUT2D eigenvalue weighted by Gasteiger charge is -2.27. The molecule has 6 rings (SSSR count). The Hall–Kier alpha value is -5.09. The molecule has 39 heavy (non-hydrogen) atoms. The summed E-state index contributed by atoms with van der Waals surface area (Å²) in [5, 5.41) is 24.0. The predicted molar refractivity (Wildman–Crippen MR) is 153 cm³/mol. The van der Waals surface area contributed by atoms with Crippen LogP contribution in [0.5, 0.6) is 11.5 Å². The molecule has 0 amide bonds. The average molecular weight is 511 g/mol. The Morgan fingerprint density at radius 1 is 0.487 bits per heavy atom. The molecule has 0 saturated carbocycles. The van der Waals surface area contributed by atoms with Gasteiger partial charge >= 0.3 is 0 Å². The second-order valence-corrected chi connectivity index (χ2v) is 9.52. The molecule has 190 valence electrons. The summed E-state index contributed by atoms with van der Waals surface area (Å²) in [5.74, 6) is -1.39. The van der Waals surface area contributed by atoms with E-state index in [1.807, 2.05) is 121 Å². The molecule has 0 aliphatic carbocycles. The van der Waals surface area contributed by atoms with Gasteiger partial charge in [0.2, 0.25) is 0 Å². The topological polar surface area (TPSA) is 70.7 Å². The van der Waals surface area contributed by atoms with Gasteiger partial charge in [0.25, 0.3) is 0 Å². The van der Waals surface area contributed by atoms with Gasteiger partial charge in [-0.2, -0.15) is 0 Å². The number of rotatable bonds is 6. The third kappa shape index (κ3) is 4.36. The number of phenolic OH excluding ortho intramolecular Hbond substituents is 2. The van der Waals surface area contributed by atoms with Crippen LogP contribution >= 0.6 is 0 Å². The second kappa shape index (κ2) is 10.3. The summed E-state index contributed by atoms with van der Waals surface area (Å²) in [5.41, 5.74) is 4.07. The smallest absolute Gasteiger partial charge is 0.196 e. The van der Waals surface area contributed by atoms with Crippen LogP contribution in [0, 0.1) is 0 Å². The van der Waals surface area contributed by atoms with Crippen molar-refractivity contribution < 1.29 is 14.6 Å². The Balaban J connectivity index is 1.76. The molecule has 0 unspecified atom stereocenters. The van der Waals surface area contributed by atoms with Crippen molar-refractivity contribution in [2.75, 3.05) is 0 Å². The van der Waals surface area contributed by atoms with Crippen LogP contribution in [0.4, 0.5) is 0 Å². The number of aromatic hydroxyl groups is 2. The van der Waals surface area contributed by atoms with Gasteiger partial charge in [-0.15, -0.1) is 0 Å². The lowest BCUT2D eigenvalue weighted by Crippen LogP contribution is -2.12. The van der Waals surface area contributed by atoms with E-state index < -0.39 is 11.8 Å². The number of fused-ring (bicyclic) bond motifs is 1. The van der Waals surface area contributed by atoms with Crippen LogP contribution < -0.4 is 5.43 Å². The zero-order valence-corrected chi connectivity index (χ0v) is 21.1. The molecule has 1 heterocycles. The van der Waals surface area contributed by atoms with E-state index in [4.69, 9.17) is 4.42 Å². The highest BCUT2D eigenvalue weighted by Crippen LogP contribution is 2.51. The third-order valence-corrected chi connectivity index (χ3v) is 7.23. The zero-order valence-electron chi connectivity index (χ0n) is 21.1. The van der Waals surface area contributed by atoms with Crippen molar-refractivity contribution in [2.45, 2.75) is 11.8 Å². The Kier molecular flexibility index (Phi) is 6.44. The third-order valence-electron chi connectivity index (χ3n) is 7.23. The van der Waals surface area contributed by atoms with Gasteiger partial charge in [-0.25, -0.2) is 0 Å². The minimum absolute atomic E-state index is 0.0500. The first-order valence-electron chi connectivity index (χ1n) is 12.8. The van der Waals surface area contributed by atoms with E-state index in [-0.39, 0.29) is 33.5 Å². The minimum Gasteiger partial charge on any atom is -0.507 e. The molecule has 0 fully saturated rings. The van der Waals surface area contributed by atoms with Crippen molar-refractivity contribution in [3.05, 3.63) is 177 Å². The van der Waals surface area contributed by atoms with Crippen molar-refractivity contribution in [1.82, 2.24) is 0 Å². The summed E-state index contributed by atoms with van der Waals surface area (Å²) in [6.07, 6.45) is 1.31. The first-order valence-corrected chi connectivity index (χ1v) is 12.8. The lowest BCUT2D eigenvalue weighted by atomic mass is 9.78. The summed E-state index contributed by atoms with van der Waals surface area (Å²) in [4.78, 5) is 13.3. The molecule has 5 aromatic carbocycles. The highest BCUT2D eigenvalue weighted by molar-refractivity contribution is 5.92. The van der Waals surface area contributed by atoms with Crippen molar-refractivity contribution in [2.24, 2.45) is 0 Å². The Labute approximate surface area is 226 Å².